The molecule has 2 aromatic carbocycles. The van der Waals surface area contributed by atoms with E-state index in [1.165, 1.54) is 18.2 Å². The molecule has 1 N–H and O–H groups in total. The van der Waals surface area contributed by atoms with E-state index in [-0.39, 0.29) is 28.7 Å². The first-order valence-electron chi connectivity index (χ1n) is 9.28. The van der Waals surface area contributed by atoms with Gasteiger partial charge in [-0.25, -0.2) is 8.42 Å². The van der Waals surface area contributed by atoms with Crippen LogP contribution in [0.15, 0.2) is 41.3 Å². The summed E-state index contributed by atoms with van der Waals surface area (Å²) in [6.45, 7) is 4.03. The van der Waals surface area contributed by atoms with Crippen molar-refractivity contribution in [3.63, 3.8) is 0 Å². The molecule has 10 heteroatoms. The first kappa shape index (κ1) is 24.2. The van der Waals surface area contributed by atoms with Gasteiger partial charge in [0, 0.05) is 37.9 Å². The summed E-state index contributed by atoms with van der Waals surface area (Å²) in [5.41, 5.74) is 2.52. The molecule has 1 heterocycles. The van der Waals surface area contributed by atoms with E-state index in [2.05, 4.69) is 26.3 Å². The van der Waals surface area contributed by atoms with Crippen LogP contribution in [0.5, 0.6) is 5.75 Å². The average Bonchev–Trinajstić information content (AvgIpc) is 2.65. The van der Waals surface area contributed by atoms with Crippen molar-refractivity contribution in [1.29, 1.82) is 0 Å². The number of benzene rings is 2. The number of nitrogens with zero attached hydrogens (tertiary/aromatic N) is 2. The van der Waals surface area contributed by atoms with Gasteiger partial charge in [0.2, 0.25) is 0 Å². The number of piperazine rings is 1. The monoisotopic (exact) mass is 461 g/mol. The van der Waals surface area contributed by atoms with Gasteiger partial charge >= 0.3 is 6.61 Å². The molecule has 1 aliphatic heterocycles. The number of rotatable bonds is 6. The fourth-order valence-corrected chi connectivity index (χ4v) is 4.31. The van der Waals surface area contributed by atoms with Gasteiger partial charge in [-0.05, 0) is 50.2 Å². The number of hydrogen-bond donors (Lipinski definition) is 1. The van der Waals surface area contributed by atoms with E-state index in [1.54, 1.807) is 25.1 Å². The third-order valence-electron chi connectivity index (χ3n) is 4.99. The average molecular weight is 462 g/mol. The smallest absolute Gasteiger partial charge is 0.387 e. The third-order valence-corrected chi connectivity index (χ3v) is 6.37. The van der Waals surface area contributed by atoms with Gasteiger partial charge in [-0.1, -0.05) is 12.1 Å². The summed E-state index contributed by atoms with van der Waals surface area (Å²) in [5.74, 6) is -0.0674. The van der Waals surface area contributed by atoms with Crippen LogP contribution in [0.25, 0.3) is 0 Å². The van der Waals surface area contributed by atoms with Gasteiger partial charge in [-0.15, -0.1) is 12.4 Å². The zero-order valence-corrected chi connectivity index (χ0v) is 18.7. The highest BCUT2D eigenvalue weighted by molar-refractivity contribution is 7.92. The van der Waals surface area contributed by atoms with Crippen LogP contribution >= 0.6 is 12.4 Å². The van der Waals surface area contributed by atoms with Crippen LogP contribution in [0.4, 0.5) is 20.2 Å². The van der Waals surface area contributed by atoms with Gasteiger partial charge in [0.15, 0.2) is 0 Å². The number of halogens is 3. The van der Waals surface area contributed by atoms with Crippen molar-refractivity contribution in [2.75, 3.05) is 42.8 Å². The third kappa shape index (κ3) is 5.74. The second-order valence-electron chi connectivity index (χ2n) is 7.20. The van der Waals surface area contributed by atoms with Gasteiger partial charge in [0.05, 0.1) is 10.6 Å². The molecule has 1 aliphatic rings. The Balaban J connectivity index is 0.00000320. The lowest BCUT2D eigenvalue weighted by atomic mass is 10.1. The standard InChI is InChI=1S/C20H25F2N3O3S.ClH/c1-14-5-7-17(13-18(14)25-10-8-24(3)9-11-25)29(26,27)23-16-6-4-15(2)19(12-16)28-20(21)22;/h4-7,12-13,20,23H,8-11H2,1-3H3;1H. The SMILES string of the molecule is Cc1ccc(NS(=O)(=O)c2ccc(C)c(N3CCN(C)CC3)c2)cc1OC(F)F.Cl. The van der Waals surface area contributed by atoms with E-state index in [4.69, 9.17) is 0 Å². The van der Waals surface area contributed by atoms with E-state index in [0.29, 0.717) is 5.56 Å². The predicted molar refractivity (Wildman–Crippen MR) is 117 cm³/mol. The largest absolute Gasteiger partial charge is 0.434 e. The first-order chi connectivity index (χ1) is 13.7. The summed E-state index contributed by atoms with van der Waals surface area (Å²) in [4.78, 5) is 4.52. The highest BCUT2D eigenvalue weighted by Crippen LogP contribution is 2.29. The van der Waals surface area contributed by atoms with E-state index in [1.807, 2.05) is 6.92 Å². The van der Waals surface area contributed by atoms with Crippen molar-refractivity contribution >= 4 is 33.8 Å². The minimum absolute atomic E-state index is 0. The molecule has 0 aliphatic carbocycles. The van der Waals surface area contributed by atoms with Gasteiger partial charge in [0.25, 0.3) is 10.0 Å². The Labute approximate surface area is 182 Å². The van der Waals surface area contributed by atoms with Crippen molar-refractivity contribution in [2.24, 2.45) is 0 Å². The molecule has 30 heavy (non-hydrogen) atoms. The molecule has 0 aromatic heterocycles. The van der Waals surface area contributed by atoms with Gasteiger partial charge < -0.3 is 14.5 Å². The van der Waals surface area contributed by atoms with Crippen LogP contribution in [-0.4, -0.2) is 53.2 Å². The summed E-state index contributed by atoms with van der Waals surface area (Å²) >= 11 is 0. The molecular weight excluding hydrogens is 436 g/mol. The molecule has 3 rings (SSSR count). The molecule has 1 fully saturated rings. The lowest BCUT2D eigenvalue weighted by Crippen LogP contribution is -2.44. The minimum atomic E-state index is -3.89. The van der Waals surface area contributed by atoms with Crippen molar-refractivity contribution in [3.8, 4) is 5.75 Å². The first-order valence-corrected chi connectivity index (χ1v) is 10.8. The second-order valence-corrected chi connectivity index (χ2v) is 8.89. The van der Waals surface area contributed by atoms with Crippen LogP contribution in [-0.2, 0) is 10.0 Å². The zero-order chi connectivity index (χ0) is 21.2. The van der Waals surface area contributed by atoms with E-state index < -0.39 is 16.6 Å². The quantitative estimate of drug-likeness (QED) is 0.707. The van der Waals surface area contributed by atoms with Crippen LogP contribution in [0, 0.1) is 13.8 Å². The maximum atomic E-state index is 12.9. The Morgan fingerprint density at radius 3 is 2.27 bits per heavy atom. The Morgan fingerprint density at radius 2 is 1.63 bits per heavy atom. The van der Waals surface area contributed by atoms with Gasteiger partial charge in [0.1, 0.15) is 5.75 Å². The Kier molecular flexibility index (Phi) is 7.90. The Morgan fingerprint density at radius 1 is 1.00 bits per heavy atom. The normalized spacial score (nSPS) is 15.1. The number of anilines is 2. The number of sulfonamides is 1. The van der Waals surface area contributed by atoms with Crippen LogP contribution in [0.2, 0.25) is 0 Å². The second kappa shape index (κ2) is 9.80. The van der Waals surface area contributed by atoms with E-state index in [9.17, 15) is 17.2 Å². The van der Waals surface area contributed by atoms with Crippen molar-refractivity contribution in [3.05, 3.63) is 47.5 Å². The molecule has 166 valence electrons. The van der Waals surface area contributed by atoms with Gasteiger partial charge in [-0.2, -0.15) is 8.78 Å². The number of alkyl halides is 2. The summed E-state index contributed by atoms with van der Waals surface area (Å²) in [5, 5.41) is 0. The summed E-state index contributed by atoms with van der Waals surface area (Å²) < 4.78 is 57.8. The summed E-state index contributed by atoms with van der Waals surface area (Å²) in [7, 11) is -1.83. The molecule has 0 saturated carbocycles. The fraction of sp³-hybridized carbons (Fsp3) is 0.400. The highest BCUT2D eigenvalue weighted by Gasteiger charge is 2.21. The van der Waals surface area contributed by atoms with Gasteiger partial charge in [-0.3, -0.25) is 4.72 Å². The van der Waals surface area contributed by atoms with Crippen molar-refractivity contribution in [2.45, 2.75) is 25.4 Å². The number of aryl methyl sites for hydroxylation is 2. The maximum absolute atomic E-state index is 12.9. The maximum Gasteiger partial charge on any atom is 0.387 e. The highest BCUT2D eigenvalue weighted by atomic mass is 35.5. The molecule has 0 unspecified atom stereocenters. The number of likely N-dealkylation sites (N-methyl/N-ethyl adjacent to an activating group) is 1. The number of ether oxygens (including phenoxy) is 1. The lowest BCUT2D eigenvalue weighted by Gasteiger charge is -2.35. The molecule has 0 spiro atoms. The molecule has 0 atom stereocenters. The lowest BCUT2D eigenvalue weighted by molar-refractivity contribution is -0.0502. The minimum Gasteiger partial charge on any atom is -0.434 e. The zero-order valence-electron chi connectivity index (χ0n) is 17.1. The molecule has 0 radical (unpaired) electrons. The summed E-state index contributed by atoms with van der Waals surface area (Å²) in [6, 6.07) is 9.29. The molecule has 1 saturated heterocycles. The van der Waals surface area contributed by atoms with E-state index in [0.717, 1.165) is 37.4 Å². The molecule has 0 amide bonds. The number of nitrogens with one attached hydrogen (secondary N) is 1. The van der Waals surface area contributed by atoms with Crippen molar-refractivity contribution in [1.82, 2.24) is 4.90 Å². The summed E-state index contributed by atoms with van der Waals surface area (Å²) in [6.07, 6.45) is 0. The Hall–Kier alpha value is -2.10. The van der Waals surface area contributed by atoms with Crippen molar-refractivity contribution < 1.29 is 21.9 Å². The van der Waals surface area contributed by atoms with Crippen LogP contribution in [0.1, 0.15) is 11.1 Å². The predicted octanol–water partition coefficient (Wildman–Crippen LogP) is 3.88. The van der Waals surface area contributed by atoms with Crippen LogP contribution < -0.4 is 14.4 Å². The van der Waals surface area contributed by atoms with Crippen LogP contribution in [0.3, 0.4) is 0 Å². The molecule has 0 bridgehead atoms. The Bertz CT molecular complexity index is 981. The molecule has 6 nitrogen and oxygen atoms in total. The number of hydrogen-bond acceptors (Lipinski definition) is 5. The molecule has 2 aromatic rings. The molecular formula is C20H26ClF2N3O3S. The topological polar surface area (TPSA) is 61.9 Å². The fourth-order valence-electron chi connectivity index (χ4n) is 3.25. The van der Waals surface area contributed by atoms with E-state index >= 15 is 0 Å².